The maximum absolute atomic E-state index is 12.7. The van der Waals surface area contributed by atoms with Crippen molar-refractivity contribution in [3.8, 4) is 5.75 Å². The van der Waals surface area contributed by atoms with E-state index in [2.05, 4.69) is 20.2 Å². The van der Waals surface area contributed by atoms with Crippen LogP contribution in [0.25, 0.3) is 0 Å². The molecule has 0 aliphatic heterocycles. The van der Waals surface area contributed by atoms with Crippen molar-refractivity contribution in [2.75, 3.05) is 12.4 Å². The Bertz CT molecular complexity index is 1110. The lowest BCUT2D eigenvalue weighted by atomic mass is 10.1. The second-order valence-corrected chi connectivity index (χ2v) is 9.14. The largest absolute Gasteiger partial charge is 0.496 e. The van der Waals surface area contributed by atoms with Crippen LogP contribution in [0.3, 0.4) is 0 Å². The number of nitrogens with zero attached hydrogens (tertiary/aromatic N) is 2. The van der Waals surface area contributed by atoms with Crippen molar-refractivity contribution in [3.63, 3.8) is 0 Å². The van der Waals surface area contributed by atoms with E-state index in [0.717, 1.165) is 16.9 Å². The highest BCUT2D eigenvalue weighted by molar-refractivity contribution is 7.91. The second kappa shape index (κ2) is 8.68. The molecule has 2 aromatic carbocycles. The van der Waals surface area contributed by atoms with Gasteiger partial charge in [-0.15, -0.1) is 10.2 Å². The highest BCUT2D eigenvalue weighted by Gasteiger charge is 2.25. The Morgan fingerprint density at radius 2 is 1.79 bits per heavy atom. The number of aryl methyl sites for hydroxylation is 1. The van der Waals surface area contributed by atoms with Gasteiger partial charge in [-0.25, -0.2) is 13.1 Å². The minimum absolute atomic E-state index is 0.0981. The molecule has 1 aromatic heterocycles. The summed E-state index contributed by atoms with van der Waals surface area (Å²) in [5, 5.41) is 10.1. The van der Waals surface area contributed by atoms with E-state index >= 15 is 0 Å². The first kappa shape index (κ1) is 20.9. The van der Waals surface area contributed by atoms with Gasteiger partial charge in [0.1, 0.15) is 5.75 Å². The predicted molar refractivity (Wildman–Crippen MR) is 111 cm³/mol. The fraction of sp³-hybridized carbons (Fsp3) is 0.211. The number of nitrogens with one attached hydrogen (secondary N) is 2. The van der Waals surface area contributed by atoms with Gasteiger partial charge in [0.15, 0.2) is 0 Å². The fourth-order valence-corrected chi connectivity index (χ4v) is 4.75. The van der Waals surface area contributed by atoms with Crippen LogP contribution in [-0.2, 0) is 10.0 Å². The Kier molecular flexibility index (Phi) is 6.26. The van der Waals surface area contributed by atoms with Crippen LogP contribution in [0.2, 0.25) is 0 Å². The average molecular weight is 433 g/mol. The minimum Gasteiger partial charge on any atom is -0.496 e. The fourth-order valence-electron chi connectivity index (χ4n) is 2.61. The molecule has 0 bridgehead atoms. The van der Waals surface area contributed by atoms with Crippen LogP contribution in [0.5, 0.6) is 5.75 Å². The van der Waals surface area contributed by atoms with Gasteiger partial charge in [-0.05, 0) is 32.0 Å². The first-order chi connectivity index (χ1) is 13.8. The Morgan fingerprint density at radius 1 is 1.10 bits per heavy atom. The van der Waals surface area contributed by atoms with Crippen LogP contribution in [-0.4, -0.2) is 31.6 Å². The summed E-state index contributed by atoms with van der Waals surface area (Å²) in [6.07, 6.45) is 0. The number of carbonyl (C=O) groups excluding carboxylic acids is 1. The maximum Gasteiger partial charge on any atom is 0.270 e. The molecule has 0 saturated carbocycles. The van der Waals surface area contributed by atoms with E-state index in [1.165, 1.54) is 7.11 Å². The number of sulfonamides is 1. The second-order valence-electron chi connectivity index (χ2n) is 6.28. The number of ether oxygens (including phenoxy) is 1. The molecular weight excluding hydrogens is 412 g/mol. The van der Waals surface area contributed by atoms with Crippen LogP contribution >= 0.6 is 11.3 Å². The number of amides is 1. The van der Waals surface area contributed by atoms with Gasteiger partial charge in [0.2, 0.25) is 9.47 Å². The van der Waals surface area contributed by atoms with Crippen molar-refractivity contribution in [2.45, 2.75) is 24.2 Å². The molecule has 1 amide bonds. The molecule has 0 fully saturated rings. The molecule has 10 heteroatoms. The highest BCUT2D eigenvalue weighted by atomic mass is 32.2. The van der Waals surface area contributed by atoms with Gasteiger partial charge in [-0.1, -0.05) is 47.2 Å². The Morgan fingerprint density at radius 3 is 2.48 bits per heavy atom. The predicted octanol–water partition coefficient (Wildman–Crippen LogP) is 3.15. The monoisotopic (exact) mass is 432 g/mol. The van der Waals surface area contributed by atoms with Crippen molar-refractivity contribution in [2.24, 2.45) is 0 Å². The highest BCUT2D eigenvalue weighted by Crippen LogP contribution is 2.27. The zero-order valence-electron chi connectivity index (χ0n) is 16.0. The van der Waals surface area contributed by atoms with Crippen molar-refractivity contribution in [1.82, 2.24) is 14.9 Å². The Balaban J connectivity index is 1.73. The van der Waals surface area contributed by atoms with Gasteiger partial charge in [-0.2, -0.15) is 0 Å². The summed E-state index contributed by atoms with van der Waals surface area (Å²) in [6.45, 7) is 3.62. The maximum atomic E-state index is 12.7. The van der Waals surface area contributed by atoms with Crippen molar-refractivity contribution >= 4 is 32.4 Å². The molecule has 0 saturated heterocycles. The lowest BCUT2D eigenvalue weighted by Crippen LogP contribution is -2.27. The summed E-state index contributed by atoms with van der Waals surface area (Å²) in [7, 11) is -2.41. The van der Waals surface area contributed by atoms with E-state index in [0.29, 0.717) is 16.9 Å². The van der Waals surface area contributed by atoms with Crippen molar-refractivity contribution < 1.29 is 17.9 Å². The molecule has 0 aliphatic carbocycles. The quantitative estimate of drug-likeness (QED) is 0.555. The molecule has 0 spiro atoms. The third-order valence-corrected chi connectivity index (χ3v) is 6.85. The molecule has 0 aliphatic rings. The van der Waals surface area contributed by atoms with Gasteiger partial charge in [0.05, 0.1) is 7.11 Å². The topological polar surface area (TPSA) is 110 Å². The molecule has 3 aromatic rings. The normalized spacial score (nSPS) is 12.4. The van der Waals surface area contributed by atoms with E-state index in [1.807, 2.05) is 19.1 Å². The molecule has 1 unspecified atom stereocenters. The first-order valence-corrected chi connectivity index (χ1v) is 11.0. The summed E-state index contributed by atoms with van der Waals surface area (Å²) in [6, 6.07) is 13.6. The molecule has 8 nitrogen and oxygen atoms in total. The lowest BCUT2D eigenvalue weighted by molar-refractivity contribution is 0.102. The molecule has 2 N–H and O–H groups in total. The summed E-state index contributed by atoms with van der Waals surface area (Å²) >= 11 is 0.777. The van der Waals surface area contributed by atoms with Crippen LogP contribution in [0, 0.1) is 6.92 Å². The summed E-state index contributed by atoms with van der Waals surface area (Å²) in [5.41, 5.74) is 2.16. The summed E-state index contributed by atoms with van der Waals surface area (Å²) in [5.74, 6) is 0.187. The number of rotatable bonds is 7. The lowest BCUT2D eigenvalue weighted by Gasteiger charge is -2.16. The average Bonchev–Trinajstić information content (AvgIpc) is 3.17. The van der Waals surface area contributed by atoms with Gasteiger partial charge >= 0.3 is 0 Å². The molecule has 3 rings (SSSR count). The molecule has 0 radical (unpaired) electrons. The molecule has 1 heterocycles. The number of para-hydroxylation sites is 1. The SMILES string of the molecule is COc1ccccc1C(C)NS(=O)(=O)c1nnc(NC(=O)c2ccc(C)cc2)s1. The smallest absolute Gasteiger partial charge is 0.270 e. The molecule has 152 valence electrons. The molecule has 1 atom stereocenters. The summed E-state index contributed by atoms with van der Waals surface area (Å²) in [4.78, 5) is 12.3. The number of aromatic nitrogens is 2. The first-order valence-electron chi connectivity index (χ1n) is 8.67. The third-order valence-electron chi connectivity index (χ3n) is 4.11. The molecule has 29 heavy (non-hydrogen) atoms. The van der Waals surface area contributed by atoms with E-state index in [9.17, 15) is 13.2 Å². The van der Waals surface area contributed by atoms with Crippen LogP contribution in [0.15, 0.2) is 52.9 Å². The number of methoxy groups -OCH3 is 1. The standard InChI is InChI=1S/C19H20N4O4S2/c1-12-8-10-14(11-9-12)17(24)20-18-21-22-19(28-18)29(25,26)23-13(2)15-6-4-5-7-16(15)27-3/h4-11,13,23H,1-3H3,(H,20,21,24). The van der Waals surface area contributed by atoms with Crippen molar-refractivity contribution in [3.05, 3.63) is 65.2 Å². The minimum atomic E-state index is -3.93. The van der Waals surface area contributed by atoms with Gasteiger partial charge in [-0.3, -0.25) is 10.1 Å². The van der Waals surface area contributed by atoms with Gasteiger partial charge < -0.3 is 4.74 Å². The van der Waals surface area contributed by atoms with E-state index < -0.39 is 16.1 Å². The van der Waals surface area contributed by atoms with E-state index in [1.54, 1.807) is 43.3 Å². The van der Waals surface area contributed by atoms with E-state index in [-0.39, 0.29) is 15.4 Å². The Hall–Kier alpha value is -2.82. The summed E-state index contributed by atoms with van der Waals surface area (Å²) < 4.78 is 32.9. The number of anilines is 1. The van der Waals surface area contributed by atoms with Gasteiger partial charge in [0, 0.05) is 17.2 Å². The third kappa shape index (κ3) is 4.97. The van der Waals surface area contributed by atoms with Gasteiger partial charge in [0.25, 0.3) is 15.9 Å². The van der Waals surface area contributed by atoms with Crippen molar-refractivity contribution in [1.29, 1.82) is 0 Å². The van der Waals surface area contributed by atoms with Crippen LogP contribution in [0.4, 0.5) is 5.13 Å². The molecular formula is C19H20N4O4S2. The van der Waals surface area contributed by atoms with Crippen LogP contribution < -0.4 is 14.8 Å². The zero-order chi connectivity index (χ0) is 21.0. The number of carbonyl (C=O) groups is 1. The van der Waals surface area contributed by atoms with E-state index in [4.69, 9.17) is 4.74 Å². The number of benzene rings is 2. The van der Waals surface area contributed by atoms with Crippen LogP contribution in [0.1, 0.15) is 34.5 Å². The number of hydrogen-bond donors (Lipinski definition) is 2. The zero-order valence-corrected chi connectivity index (χ0v) is 17.7. The number of hydrogen-bond acceptors (Lipinski definition) is 7. The Labute approximate surface area is 173 Å².